The first kappa shape index (κ1) is 16.9. The molecule has 3 N–H and O–H groups in total. The zero-order valence-electron chi connectivity index (χ0n) is 15.1. The molecule has 7 heteroatoms. The molecule has 142 valence electrons. The summed E-state index contributed by atoms with van der Waals surface area (Å²) in [6.07, 6.45) is 2.78. The van der Waals surface area contributed by atoms with E-state index in [4.69, 9.17) is 0 Å². The predicted octanol–water partition coefficient (Wildman–Crippen LogP) is 0.730. The van der Waals surface area contributed by atoms with Crippen molar-refractivity contribution < 1.29 is 19.5 Å². The van der Waals surface area contributed by atoms with Crippen LogP contribution in [0.1, 0.15) is 38.2 Å². The highest BCUT2D eigenvalue weighted by molar-refractivity contribution is 6.15. The number of amides is 3. The van der Waals surface area contributed by atoms with Crippen molar-refractivity contribution in [2.24, 2.45) is 11.8 Å². The summed E-state index contributed by atoms with van der Waals surface area (Å²) < 4.78 is 0. The molecule has 27 heavy (non-hydrogen) atoms. The van der Waals surface area contributed by atoms with Crippen LogP contribution in [0.5, 0.6) is 0 Å². The number of anilines is 1. The fourth-order valence-corrected chi connectivity index (χ4v) is 5.65. The van der Waals surface area contributed by atoms with E-state index in [2.05, 4.69) is 10.6 Å². The molecule has 1 aromatic carbocycles. The van der Waals surface area contributed by atoms with Gasteiger partial charge in [0.25, 0.3) is 0 Å². The van der Waals surface area contributed by atoms with Gasteiger partial charge in [-0.3, -0.25) is 24.6 Å². The Bertz CT molecular complexity index is 847. The van der Waals surface area contributed by atoms with Gasteiger partial charge in [-0.2, -0.15) is 0 Å². The minimum absolute atomic E-state index is 0.0815. The largest absolute Gasteiger partial charge is 0.392 e. The van der Waals surface area contributed by atoms with Crippen molar-refractivity contribution in [1.29, 1.82) is 0 Å². The van der Waals surface area contributed by atoms with Crippen LogP contribution in [0.15, 0.2) is 24.3 Å². The lowest BCUT2D eigenvalue weighted by Gasteiger charge is -2.31. The Balaban J connectivity index is 1.66. The number of rotatable bonds is 2. The number of hydrogen-bond donors (Lipinski definition) is 3. The van der Waals surface area contributed by atoms with Gasteiger partial charge in [-0.25, -0.2) is 0 Å². The van der Waals surface area contributed by atoms with Crippen molar-refractivity contribution >= 4 is 23.4 Å². The first-order chi connectivity index (χ1) is 13.0. The first-order valence-corrected chi connectivity index (χ1v) is 9.70. The second-order valence-corrected chi connectivity index (χ2v) is 8.21. The number of nitrogens with zero attached hydrogens (tertiary/aromatic N) is 1. The number of carbonyl (C=O) groups excluding carboxylic acids is 3. The van der Waals surface area contributed by atoms with Crippen LogP contribution in [0.3, 0.4) is 0 Å². The van der Waals surface area contributed by atoms with Crippen LogP contribution in [0.4, 0.5) is 5.69 Å². The van der Waals surface area contributed by atoms with E-state index in [-0.39, 0.29) is 23.8 Å². The second-order valence-electron chi connectivity index (χ2n) is 8.21. The Hall–Kier alpha value is -2.25. The fourth-order valence-electron chi connectivity index (χ4n) is 5.65. The van der Waals surface area contributed by atoms with E-state index >= 15 is 0 Å². The molecule has 1 spiro atoms. The van der Waals surface area contributed by atoms with Crippen LogP contribution in [0.2, 0.25) is 0 Å². The smallest absolute Gasteiger partial charge is 0.250 e. The number of carbonyl (C=O) groups is 3. The summed E-state index contributed by atoms with van der Waals surface area (Å²) in [4.78, 5) is 41.3. The van der Waals surface area contributed by atoms with Gasteiger partial charge in [0.15, 0.2) is 0 Å². The van der Waals surface area contributed by atoms with Crippen molar-refractivity contribution in [3.05, 3.63) is 29.8 Å². The highest BCUT2D eigenvalue weighted by Gasteiger charge is 2.71. The molecular formula is C20H23N3O4. The van der Waals surface area contributed by atoms with Gasteiger partial charge < -0.3 is 10.4 Å². The number of likely N-dealkylation sites (tertiary alicyclic amines) is 1. The minimum atomic E-state index is -1.30. The number of fused-ring (bicyclic) bond motifs is 4. The Morgan fingerprint density at radius 2 is 1.85 bits per heavy atom. The van der Waals surface area contributed by atoms with Crippen LogP contribution >= 0.6 is 0 Å². The molecule has 0 aromatic heterocycles. The Labute approximate surface area is 157 Å². The topological polar surface area (TPSA) is 98.7 Å². The van der Waals surface area contributed by atoms with Gasteiger partial charge >= 0.3 is 0 Å². The third kappa shape index (κ3) is 2.01. The summed E-state index contributed by atoms with van der Waals surface area (Å²) in [5, 5.41) is 16.4. The third-order valence-corrected chi connectivity index (χ3v) is 6.80. The zero-order valence-corrected chi connectivity index (χ0v) is 15.1. The number of aliphatic hydroxyl groups excluding tert-OH is 1. The fraction of sp³-hybridized carbons (Fsp3) is 0.550. The lowest BCUT2D eigenvalue weighted by molar-refractivity contribution is -0.145. The molecule has 3 aliphatic heterocycles. The number of hydrogen-bond acceptors (Lipinski definition) is 5. The molecule has 5 atom stereocenters. The molecule has 0 bridgehead atoms. The van der Waals surface area contributed by atoms with Crippen molar-refractivity contribution in [1.82, 2.24) is 10.2 Å². The molecule has 3 heterocycles. The van der Waals surface area contributed by atoms with Gasteiger partial charge in [0, 0.05) is 23.3 Å². The van der Waals surface area contributed by atoms with Gasteiger partial charge in [-0.1, -0.05) is 31.0 Å². The highest BCUT2D eigenvalue weighted by atomic mass is 16.3. The Morgan fingerprint density at radius 3 is 2.56 bits per heavy atom. The van der Waals surface area contributed by atoms with E-state index in [9.17, 15) is 19.5 Å². The summed E-state index contributed by atoms with van der Waals surface area (Å²) in [5.74, 6) is -2.40. The lowest BCUT2D eigenvalue weighted by atomic mass is 9.76. The van der Waals surface area contributed by atoms with Crippen molar-refractivity contribution in [2.45, 2.75) is 56.3 Å². The normalized spacial score (nSPS) is 36.4. The maximum atomic E-state index is 13.5. The number of aliphatic hydroxyl groups is 1. The Kier molecular flexibility index (Phi) is 3.52. The molecule has 3 fully saturated rings. The quantitative estimate of drug-likeness (QED) is 0.668. The van der Waals surface area contributed by atoms with E-state index in [1.165, 1.54) is 4.90 Å². The molecule has 2 saturated heterocycles. The molecule has 1 saturated carbocycles. The van der Waals surface area contributed by atoms with E-state index in [0.29, 0.717) is 11.3 Å². The van der Waals surface area contributed by atoms with Crippen molar-refractivity contribution in [3.8, 4) is 0 Å². The van der Waals surface area contributed by atoms with Crippen LogP contribution in [0.25, 0.3) is 0 Å². The van der Waals surface area contributed by atoms with Gasteiger partial charge in [0.2, 0.25) is 17.7 Å². The van der Waals surface area contributed by atoms with Gasteiger partial charge in [-0.05, 0) is 25.8 Å². The molecule has 5 rings (SSSR count). The summed E-state index contributed by atoms with van der Waals surface area (Å²) in [5.41, 5.74) is 0.0327. The molecule has 3 amide bonds. The van der Waals surface area contributed by atoms with Crippen LogP contribution < -0.4 is 10.6 Å². The third-order valence-electron chi connectivity index (χ3n) is 6.80. The van der Waals surface area contributed by atoms with Crippen molar-refractivity contribution in [3.63, 3.8) is 0 Å². The molecule has 0 radical (unpaired) electrons. The first-order valence-electron chi connectivity index (χ1n) is 9.70. The van der Waals surface area contributed by atoms with Crippen LogP contribution in [0, 0.1) is 11.8 Å². The molecule has 0 unspecified atom stereocenters. The molecule has 1 aromatic rings. The summed E-state index contributed by atoms with van der Waals surface area (Å²) in [6.45, 7) is 1.60. The van der Waals surface area contributed by atoms with Gasteiger partial charge in [-0.15, -0.1) is 0 Å². The predicted molar refractivity (Wildman–Crippen MR) is 96.4 cm³/mol. The number of imide groups is 1. The maximum absolute atomic E-state index is 13.5. The second kappa shape index (κ2) is 5.62. The summed E-state index contributed by atoms with van der Waals surface area (Å²) >= 11 is 0. The SMILES string of the molecule is C[C@H](O)[C@@H]1N[C@]2(C(=O)Nc3ccccc32)[C@@H]2C(=O)N(C3CCCC3)C(=O)[C@@H]12. The molecule has 1 aliphatic carbocycles. The molecule has 7 nitrogen and oxygen atoms in total. The Morgan fingerprint density at radius 1 is 1.15 bits per heavy atom. The van der Waals surface area contributed by atoms with Crippen LogP contribution in [-0.4, -0.2) is 45.9 Å². The summed E-state index contributed by atoms with van der Waals surface area (Å²) in [6, 6.07) is 6.53. The number of para-hydroxylation sites is 1. The van der Waals surface area contributed by atoms with E-state index in [1.54, 1.807) is 13.0 Å². The average molecular weight is 369 g/mol. The standard InChI is InChI=1S/C20H23N3O4/c1-10(24)16-14-15(18(26)23(17(14)25)11-6-2-3-7-11)20(22-16)12-8-4-5-9-13(12)21-19(20)27/h4-5,8-11,14-16,22,24H,2-3,6-7H2,1H3,(H,21,27)/t10-,14+,15-,16-,20-/m0/s1. The van der Waals surface area contributed by atoms with E-state index in [1.807, 2.05) is 18.2 Å². The van der Waals surface area contributed by atoms with E-state index in [0.717, 1.165) is 25.7 Å². The minimum Gasteiger partial charge on any atom is -0.392 e. The lowest BCUT2D eigenvalue weighted by Crippen LogP contribution is -2.55. The maximum Gasteiger partial charge on any atom is 0.250 e. The van der Waals surface area contributed by atoms with Gasteiger partial charge in [0.1, 0.15) is 5.54 Å². The summed E-state index contributed by atoms with van der Waals surface area (Å²) in [7, 11) is 0. The molecular weight excluding hydrogens is 346 g/mol. The van der Waals surface area contributed by atoms with Crippen molar-refractivity contribution in [2.75, 3.05) is 5.32 Å². The zero-order chi connectivity index (χ0) is 18.9. The molecule has 4 aliphatic rings. The van der Waals surface area contributed by atoms with E-state index < -0.39 is 29.5 Å². The average Bonchev–Trinajstić information content (AvgIpc) is 3.37. The van der Waals surface area contributed by atoms with Crippen LogP contribution in [-0.2, 0) is 19.9 Å². The van der Waals surface area contributed by atoms with Gasteiger partial charge in [0.05, 0.1) is 17.9 Å². The number of nitrogens with one attached hydrogen (secondary N) is 2. The monoisotopic (exact) mass is 369 g/mol. The highest BCUT2D eigenvalue weighted by Crippen LogP contribution is 2.54. The number of benzene rings is 1.